The molecular weight excluding hydrogens is 218 g/mol. The topological polar surface area (TPSA) is 67.2 Å². The third-order valence-electron chi connectivity index (χ3n) is 2.38. The zero-order valence-corrected chi connectivity index (χ0v) is 10.7. The molecule has 0 aliphatic carbocycles. The number of aromatic nitrogens is 2. The average molecular weight is 239 g/mol. The van der Waals surface area contributed by atoms with E-state index in [1.807, 2.05) is 0 Å². The van der Waals surface area contributed by atoms with Crippen LogP contribution in [0.3, 0.4) is 0 Å². The summed E-state index contributed by atoms with van der Waals surface area (Å²) in [6.45, 7) is 6.75. The van der Waals surface area contributed by atoms with Gasteiger partial charge in [0, 0.05) is 19.2 Å². The van der Waals surface area contributed by atoms with Crippen molar-refractivity contribution in [3.63, 3.8) is 0 Å². The van der Waals surface area contributed by atoms with E-state index < -0.39 is 5.60 Å². The fourth-order valence-electron chi connectivity index (χ4n) is 1.35. The summed E-state index contributed by atoms with van der Waals surface area (Å²) < 4.78 is 1.37. The first-order chi connectivity index (χ1) is 7.92. The second kappa shape index (κ2) is 5.82. The van der Waals surface area contributed by atoms with Crippen LogP contribution in [0.25, 0.3) is 0 Å². The number of hydrogen-bond acceptors (Lipinski definition) is 4. The van der Waals surface area contributed by atoms with Gasteiger partial charge < -0.3 is 10.4 Å². The summed E-state index contributed by atoms with van der Waals surface area (Å²) in [5.41, 5.74) is -0.174. The molecule has 0 fully saturated rings. The molecule has 0 atom stereocenters. The Labute approximate surface area is 101 Å². The van der Waals surface area contributed by atoms with Gasteiger partial charge in [0.1, 0.15) is 0 Å². The summed E-state index contributed by atoms with van der Waals surface area (Å²) in [6, 6.07) is 1.53. The number of nitrogens with one attached hydrogen (secondary N) is 1. The Bertz CT molecular complexity index is 407. The Morgan fingerprint density at radius 2 is 2.24 bits per heavy atom. The van der Waals surface area contributed by atoms with Crippen LogP contribution in [0.4, 0.5) is 5.69 Å². The van der Waals surface area contributed by atoms with Crippen molar-refractivity contribution in [1.29, 1.82) is 0 Å². The van der Waals surface area contributed by atoms with Crippen LogP contribution >= 0.6 is 0 Å². The highest BCUT2D eigenvalue weighted by Crippen LogP contribution is 2.08. The van der Waals surface area contributed by atoms with Crippen molar-refractivity contribution < 1.29 is 5.11 Å². The van der Waals surface area contributed by atoms with Gasteiger partial charge in [-0.3, -0.25) is 4.79 Å². The van der Waals surface area contributed by atoms with E-state index in [0.29, 0.717) is 13.0 Å². The lowest BCUT2D eigenvalue weighted by atomic mass is 10.1. The van der Waals surface area contributed by atoms with E-state index in [9.17, 15) is 9.90 Å². The minimum absolute atomic E-state index is 0.143. The normalized spacial score (nSPS) is 11.5. The minimum Gasteiger partial charge on any atom is -0.390 e. The van der Waals surface area contributed by atoms with E-state index in [2.05, 4.69) is 17.3 Å². The fourth-order valence-corrected chi connectivity index (χ4v) is 1.35. The molecule has 1 aromatic rings. The molecule has 1 aromatic heterocycles. The largest absolute Gasteiger partial charge is 0.390 e. The molecule has 5 heteroatoms. The highest BCUT2D eigenvalue weighted by Gasteiger charge is 2.12. The number of aliphatic hydroxyl groups is 1. The molecule has 2 N–H and O–H groups in total. The van der Waals surface area contributed by atoms with Crippen LogP contribution in [0.1, 0.15) is 33.6 Å². The lowest BCUT2D eigenvalue weighted by Gasteiger charge is -2.16. The van der Waals surface area contributed by atoms with Crippen LogP contribution < -0.4 is 10.9 Å². The molecular formula is C12H21N3O2. The maximum Gasteiger partial charge on any atom is 0.268 e. The molecule has 0 unspecified atom stereocenters. The third-order valence-corrected chi connectivity index (χ3v) is 2.38. The minimum atomic E-state index is -0.778. The van der Waals surface area contributed by atoms with Crippen molar-refractivity contribution in [3.05, 3.63) is 22.6 Å². The maximum absolute atomic E-state index is 11.7. The summed E-state index contributed by atoms with van der Waals surface area (Å²) >= 11 is 0. The Hall–Kier alpha value is -1.36. The average Bonchev–Trinajstić information content (AvgIpc) is 2.23. The Balaban J connectivity index is 2.66. The number of rotatable bonds is 6. The summed E-state index contributed by atoms with van der Waals surface area (Å²) in [5.74, 6) is 0. The smallest absolute Gasteiger partial charge is 0.268 e. The van der Waals surface area contributed by atoms with Gasteiger partial charge in [-0.1, -0.05) is 6.92 Å². The zero-order chi connectivity index (χ0) is 12.9. The van der Waals surface area contributed by atoms with E-state index in [-0.39, 0.29) is 5.56 Å². The first-order valence-corrected chi connectivity index (χ1v) is 5.96. The fraction of sp³-hybridized carbons (Fsp3) is 0.667. The highest BCUT2D eigenvalue weighted by molar-refractivity contribution is 5.38. The summed E-state index contributed by atoms with van der Waals surface area (Å²) in [7, 11) is 0. The van der Waals surface area contributed by atoms with Gasteiger partial charge in [-0.2, -0.15) is 5.10 Å². The number of aryl methyl sites for hydroxylation is 1. The van der Waals surface area contributed by atoms with Gasteiger partial charge in [0.2, 0.25) is 0 Å². The summed E-state index contributed by atoms with van der Waals surface area (Å²) in [6.07, 6.45) is 3.14. The standard InChI is InChI=1S/C12H21N3O2/c1-4-6-13-10-8-11(16)15(14-9-10)7-5-12(2,3)17/h8-9,13,17H,4-7H2,1-3H3. The molecule has 17 heavy (non-hydrogen) atoms. The Kier molecular flexibility index (Phi) is 4.69. The van der Waals surface area contributed by atoms with Crippen LogP contribution in [0, 0.1) is 0 Å². The summed E-state index contributed by atoms with van der Waals surface area (Å²) in [5, 5.41) is 16.8. The summed E-state index contributed by atoms with van der Waals surface area (Å²) in [4.78, 5) is 11.7. The predicted octanol–water partition coefficient (Wildman–Crippen LogP) is 1.23. The SMILES string of the molecule is CCCNc1cnn(CCC(C)(C)O)c(=O)c1. The van der Waals surface area contributed by atoms with Gasteiger partial charge in [0.15, 0.2) is 0 Å². The van der Waals surface area contributed by atoms with Crippen molar-refractivity contribution in [1.82, 2.24) is 9.78 Å². The number of nitrogens with zero attached hydrogens (tertiary/aromatic N) is 2. The Morgan fingerprint density at radius 3 is 2.76 bits per heavy atom. The van der Waals surface area contributed by atoms with Crippen LogP contribution in [0.5, 0.6) is 0 Å². The van der Waals surface area contributed by atoms with Crippen molar-refractivity contribution in [2.24, 2.45) is 0 Å². The molecule has 0 saturated carbocycles. The maximum atomic E-state index is 11.7. The quantitative estimate of drug-likeness (QED) is 0.783. The van der Waals surface area contributed by atoms with E-state index in [0.717, 1.165) is 18.7 Å². The van der Waals surface area contributed by atoms with E-state index in [1.165, 1.54) is 10.7 Å². The molecule has 0 saturated heterocycles. The highest BCUT2D eigenvalue weighted by atomic mass is 16.3. The number of hydrogen-bond donors (Lipinski definition) is 2. The first kappa shape index (κ1) is 13.7. The molecule has 0 radical (unpaired) electrons. The predicted molar refractivity (Wildman–Crippen MR) is 68.2 cm³/mol. The van der Waals surface area contributed by atoms with Crippen molar-refractivity contribution in [3.8, 4) is 0 Å². The van der Waals surface area contributed by atoms with Crippen molar-refractivity contribution in [2.75, 3.05) is 11.9 Å². The monoisotopic (exact) mass is 239 g/mol. The van der Waals surface area contributed by atoms with Crippen LogP contribution in [0.2, 0.25) is 0 Å². The molecule has 96 valence electrons. The van der Waals surface area contributed by atoms with Gasteiger partial charge in [-0.05, 0) is 26.7 Å². The third kappa shape index (κ3) is 4.99. The molecule has 1 heterocycles. The zero-order valence-electron chi connectivity index (χ0n) is 10.7. The van der Waals surface area contributed by atoms with Gasteiger partial charge in [0.25, 0.3) is 5.56 Å². The molecule has 0 aromatic carbocycles. The Morgan fingerprint density at radius 1 is 1.53 bits per heavy atom. The molecule has 0 aliphatic rings. The molecule has 0 aliphatic heterocycles. The van der Waals surface area contributed by atoms with Crippen LogP contribution in [0.15, 0.2) is 17.1 Å². The molecule has 0 bridgehead atoms. The van der Waals surface area contributed by atoms with E-state index in [1.54, 1.807) is 20.0 Å². The van der Waals surface area contributed by atoms with Crippen LogP contribution in [-0.2, 0) is 6.54 Å². The number of anilines is 1. The lowest BCUT2D eigenvalue weighted by molar-refractivity contribution is 0.0646. The molecule has 1 rings (SSSR count). The molecule has 5 nitrogen and oxygen atoms in total. The second-order valence-corrected chi connectivity index (χ2v) is 4.79. The van der Waals surface area contributed by atoms with Crippen molar-refractivity contribution >= 4 is 5.69 Å². The van der Waals surface area contributed by atoms with Gasteiger partial charge in [0.05, 0.1) is 17.5 Å². The van der Waals surface area contributed by atoms with Gasteiger partial charge in [-0.25, -0.2) is 4.68 Å². The van der Waals surface area contributed by atoms with Crippen molar-refractivity contribution in [2.45, 2.75) is 45.8 Å². The van der Waals surface area contributed by atoms with Crippen LogP contribution in [-0.4, -0.2) is 27.0 Å². The first-order valence-electron chi connectivity index (χ1n) is 5.96. The van der Waals surface area contributed by atoms with E-state index in [4.69, 9.17) is 0 Å². The molecule has 0 spiro atoms. The van der Waals surface area contributed by atoms with Gasteiger partial charge >= 0.3 is 0 Å². The molecule has 0 amide bonds. The lowest BCUT2D eigenvalue weighted by Crippen LogP contribution is -2.28. The van der Waals surface area contributed by atoms with Gasteiger partial charge in [-0.15, -0.1) is 0 Å². The van der Waals surface area contributed by atoms with E-state index >= 15 is 0 Å². The second-order valence-electron chi connectivity index (χ2n) is 4.79.